The molecule has 3 nitrogen and oxygen atoms in total. The third-order valence-corrected chi connectivity index (χ3v) is 3.35. The van der Waals surface area contributed by atoms with E-state index in [1.165, 1.54) is 12.8 Å². The molecule has 0 bridgehead atoms. The molecule has 0 spiro atoms. The number of benzene rings is 1. The van der Waals surface area contributed by atoms with Crippen molar-refractivity contribution < 1.29 is 4.79 Å². The average Bonchev–Trinajstić information content (AvgIpc) is 3.02. The minimum absolute atomic E-state index is 0.504. The summed E-state index contributed by atoms with van der Waals surface area (Å²) in [7, 11) is 0. The van der Waals surface area contributed by atoms with Gasteiger partial charge < -0.3 is 4.57 Å². The van der Waals surface area contributed by atoms with Crippen molar-refractivity contribution in [1.82, 2.24) is 9.55 Å². The number of rotatable bonds is 2. The number of halogens is 1. The van der Waals surface area contributed by atoms with Crippen molar-refractivity contribution >= 4 is 28.9 Å². The third kappa shape index (κ3) is 1.35. The van der Waals surface area contributed by atoms with Gasteiger partial charge in [0.15, 0.2) is 6.29 Å². The van der Waals surface area contributed by atoms with Crippen LogP contribution in [0.3, 0.4) is 0 Å². The van der Waals surface area contributed by atoms with Gasteiger partial charge in [0.25, 0.3) is 0 Å². The number of nitrogens with zero attached hydrogens (tertiary/aromatic N) is 2. The minimum Gasteiger partial charge on any atom is -0.325 e. The topological polar surface area (TPSA) is 34.9 Å². The third-order valence-electron chi connectivity index (χ3n) is 3.02. The maximum absolute atomic E-state index is 10.8. The van der Waals surface area contributed by atoms with Crippen LogP contribution in [0.25, 0.3) is 11.0 Å². The molecule has 0 amide bonds. The fourth-order valence-corrected chi connectivity index (χ4v) is 2.34. The van der Waals surface area contributed by atoms with Crippen LogP contribution in [0, 0.1) is 6.92 Å². The van der Waals surface area contributed by atoms with Crippen LogP contribution in [0.1, 0.15) is 35.1 Å². The highest BCUT2D eigenvalue weighted by molar-refractivity contribution is 6.33. The van der Waals surface area contributed by atoms with Gasteiger partial charge in [0.2, 0.25) is 0 Å². The number of hydrogen-bond donors (Lipinski definition) is 0. The molecule has 3 rings (SSSR count). The van der Waals surface area contributed by atoms with E-state index < -0.39 is 0 Å². The van der Waals surface area contributed by atoms with E-state index in [0.29, 0.717) is 16.6 Å². The Balaban J connectivity index is 2.31. The van der Waals surface area contributed by atoms with E-state index in [9.17, 15) is 4.79 Å². The zero-order chi connectivity index (χ0) is 11.3. The normalized spacial score (nSPS) is 15.6. The predicted molar refractivity (Wildman–Crippen MR) is 63.1 cm³/mol. The van der Waals surface area contributed by atoms with Crippen LogP contribution in [0.15, 0.2) is 12.1 Å². The fourth-order valence-electron chi connectivity index (χ4n) is 2.14. The standard InChI is InChI=1S/C12H11ClN2O/c1-7-14-11-4-8(6-16)10(13)5-12(11)15(7)9-2-3-9/h4-6,9H,2-3H2,1H3. The quantitative estimate of drug-likeness (QED) is 0.749. The van der Waals surface area contributed by atoms with Crippen molar-refractivity contribution in [1.29, 1.82) is 0 Å². The highest BCUT2D eigenvalue weighted by atomic mass is 35.5. The Morgan fingerprint density at radius 1 is 1.50 bits per heavy atom. The van der Waals surface area contributed by atoms with Crippen LogP contribution in [0.2, 0.25) is 5.02 Å². The number of aldehydes is 1. The SMILES string of the molecule is Cc1nc2cc(C=O)c(Cl)cc2n1C1CC1. The summed E-state index contributed by atoms with van der Waals surface area (Å²) < 4.78 is 2.22. The predicted octanol–water partition coefficient (Wildman–Crippen LogP) is 3.15. The summed E-state index contributed by atoms with van der Waals surface area (Å²) in [6.07, 6.45) is 3.19. The van der Waals surface area contributed by atoms with Crippen LogP contribution >= 0.6 is 11.6 Å². The van der Waals surface area contributed by atoms with Crippen LogP contribution in [-0.4, -0.2) is 15.8 Å². The number of fused-ring (bicyclic) bond motifs is 1. The van der Waals surface area contributed by atoms with E-state index in [4.69, 9.17) is 11.6 Å². The van der Waals surface area contributed by atoms with Crippen LogP contribution in [-0.2, 0) is 0 Å². The van der Waals surface area contributed by atoms with Gasteiger partial charge in [-0.25, -0.2) is 4.98 Å². The van der Waals surface area contributed by atoms with E-state index >= 15 is 0 Å². The van der Waals surface area contributed by atoms with Crippen molar-refractivity contribution in [3.63, 3.8) is 0 Å². The molecule has 2 aromatic rings. The Morgan fingerprint density at radius 3 is 2.88 bits per heavy atom. The molecule has 0 aliphatic heterocycles. The summed E-state index contributed by atoms with van der Waals surface area (Å²) in [6, 6.07) is 4.18. The molecule has 1 saturated carbocycles. The second-order valence-corrected chi connectivity index (χ2v) is 4.65. The Bertz CT molecular complexity index is 584. The highest BCUT2D eigenvalue weighted by Crippen LogP contribution is 2.39. The van der Waals surface area contributed by atoms with Gasteiger partial charge in [-0.3, -0.25) is 4.79 Å². The van der Waals surface area contributed by atoms with Crippen molar-refractivity contribution in [2.24, 2.45) is 0 Å². The van der Waals surface area contributed by atoms with E-state index in [1.807, 2.05) is 13.0 Å². The summed E-state index contributed by atoms with van der Waals surface area (Å²) in [5, 5.41) is 0.504. The monoisotopic (exact) mass is 234 g/mol. The Kier molecular flexibility index (Phi) is 2.04. The van der Waals surface area contributed by atoms with Crippen molar-refractivity contribution in [2.75, 3.05) is 0 Å². The van der Waals surface area contributed by atoms with E-state index in [0.717, 1.165) is 23.1 Å². The first-order valence-electron chi connectivity index (χ1n) is 5.34. The van der Waals surface area contributed by atoms with Gasteiger partial charge in [-0.15, -0.1) is 0 Å². The van der Waals surface area contributed by atoms with Crippen molar-refractivity contribution in [2.45, 2.75) is 25.8 Å². The van der Waals surface area contributed by atoms with Crippen molar-refractivity contribution in [3.8, 4) is 0 Å². The lowest BCUT2D eigenvalue weighted by atomic mass is 10.2. The lowest BCUT2D eigenvalue weighted by Gasteiger charge is -2.04. The number of hydrogen-bond acceptors (Lipinski definition) is 2. The number of carbonyl (C=O) groups is 1. The molecule has 0 unspecified atom stereocenters. The summed E-state index contributed by atoms with van der Waals surface area (Å²) in [5.41, 5.74) is 2.40. The molecule has 1 aromatic carbocycles. The Labute approximate surface area is 98.0 Å². The molecule has 1 aliphatic carbocycles. The fraction of sp³-hybridized carbons (Fsp3) is 0.333. The lowest BCUT2D eigenvalue weighted by molar-refractivity contribution is 0.112. The molecule has 1 fully saturated rings. The van der Waals surface area contributed by atoms with Gasteiger partial charge in [-0.05, 0) is 31.9 Å². The Morgan fingerprint density at radius 2 is 2.25 bits per heavy atom. The van der Waals surface area contributed by atoms with E-state index in [2.05, 4.69) is 9.55 Å². The average molecular weight is 235 g/mol. The minimum atomic E-state index is 0.504. The number of aromatic nitrogens is 2. The summed E-state index contributed by atoms with van der Waals surface area (Å²) in [6.45, 7) is 1.99. The first-order valence-corrected chi connectivity index (χ1v) is 5.72. The van der Waals surface area contributed by atoms with Gasteiger partial charge in [-0.1, -0.05) is 11.6 Å². The largest absolute Gasteiger partial charge is 0.325 e. The molecule has 0 radical (unpaired) electrons. The molecule has 4 heteroatoms. The van der Waals surface area contributed by atoms with Gasteiger partial charge in [-0.2, -0.15) is 0 Å². The molecule has 0 atom stereocenters. The smallest absolute Gasteiger partial charge is 0.151 e. The second kappa shape index (κ2) is 3.32. The molecule has 0 N–H and O–H groups in total. The van der Waals surface area contributed by atoms with E-state index in [-0.39, 0.29) is 0 Å². The molecule has 16 heavy (non-hydrogen) atoms. The van der Waals surface area contributed by atoms with Crippen LogP contribution in [0.4, 0.5) is 0 Å². The maximum atomic E-state index is 10.8. The molecular formula is C12H11ClN2O. The maximum Gasteiger partial charge on any atom is 0.151 e. The molecule has 82 valence electrons. The number of aryl methyl sites for hydroxylation is 1. The first-order chi connectivity index (χ1) is 7.70. The van der Waals surface area contributed by atoms with E-state index in [1.54, 1.807) is 6.07 Å². The lowest BCUT2D eigenvalue weighted by Crippen LogP contribution is -1.96. The van der Waals surface area contributed by atoms with Gasteiger partial charge in [0.1, 0.15) is 5.82 Å². The molecule has 1 aromatic heterocycles. The molecule has 1 aliphatic rings. The second-order valence-electron chi connectivity index (χ2n) is 4.24. The molecule has 0 saturated heterocycles. The summed E-state index contributed by atoms with van der Waals surface area (Å²) >= 11 is 6.04. The van der Waals surface area contributed by atoms with Gasteiger partial charge in [0.05, 0.1) is 16.1 Å². The molecular weight excluding hydrogens is 224 g/mol. The first kappa shape index (κ1) is 9.85. The number of imidazole rings is 1. The highest BCUT2D eigenvalue weighted by Gasteiger charge is 2.27. The van der Waals surface area contributed by atoms with Gasteiger partial charge in [0, 0.05) is 11.6 Å². The van der Waals surface area contributed by atoms with Crippen molar-refractivity contribution in [3.05, 3.63) is 28.5 Å². The zero-order valence-corrected chi connectivity index (χ0v) is 9.66. The summed E-state index contributed by atoms with van der Waals surface area (Å²) in [4.78, 5) is 15.3. The number of carbonyl (C=O) groups excluding carboxylic acids is 1. The van der Waals surface area contributed by atoms with Gasteiger partial charge >= 0.3 is 0 Å². The zero-order valence-electron chi connectivity index (χ0n) is 8.90. The van der Waals surface area contributed by atoms with Crippen LogP contribution in [0.5, 0.6) is 0 Å². The molecule has 1 heterocycles. The Hall–Kier alpha value is -1.35. The van der Waals surface area contributed by atoms with Crippen LogP contribution < -0.4 is 0 Å². The summed E-state index contributed by atoms with van der Waals surface area (Å²) in [5.74, 6) is 0.997.